The second kappa shape index (κ2) is 7.01. The summed E-state index contributed by atoms with van der Waals surface area (Å²) in [4.78, 5) is 12.2. The fourth-order valence-electron chi connectivity index (χ4n) is 3.26. The fraction of sp³-hybridized carbons (Fsp3) is 0.389. The van der Waals surface area contributed by atoms with Crippen LogP contribution in [-0.2, 0) is 10.0 Å². The number of nitrogens with one attached hydrogen (secondary N) is 1. The molecule has 1 fully saturated rings. The standard InChI is InChI=1S/C18H22N2O4S/c1-13-9-14(2)11-20(10-13)25(22,23)17-5-3-16(4-6-17)19-18(21)15-7-8-24-12-15/h3-8,12-14H,9-11H2,1-2H3,(H,19,21). The van der Waals surface area contributed by atoms with E-state index in [1.807, 2.05) is 0 Å². The first-order valence-corrected chi connectivity index (χ1v) is 9.74. The first-order valence-electron chi connectivity index (χ1n) is 8.30. The normalized spacial score (nSPS) is 21.8. The number of piperidine rings is 1. The van der Waals surface area contributed by atoms with Gasteiger partial charge >= 0.3 is 0 Å². The second-order valence-electron chi connectivity index (χ2n) is 6.76. The molecule has 2 unspecified atom stereocenters. The van der Waals surface area contributed by atoms with Crippen LogP contribution in [0.5, 0.6) is 0 Å². The lowest BCUT2D eigenvalue weighted by Crippen LogP contribution is -2.42. The van der Waals surface area contributed by atoms with Gasteiger partial charge in [-0.05, 0) is 48.6 Å². The van der Waals surface area contributed by atoms with Gasteiger partial charge in [-0.25, -0.2) is 8.42 Å². The van der Waals surface area contributed by atoms with E-state index in [1.54, 1.807) is 22.5 Å². The van der Waals surface area contributed by atoms with Crippen molar-refractivity contribution < 1.29 is 17.6 Å². The molecule has 1 N–H and O–H groups in total. The number of amides is 1. The number of hydrogen-bond donors (Lipinski definition) is 1. The minimum atomic E-state index is -3.51. The van der Waals surface area contributed by atoms with Crippen molar-refractivity contribution in [2.75, 3.05) is 18.4 Å². The Labute approximate surface area is 147 Å². The first kappa shape index (κ1) is 17.7. The smallest absolute Gasteiger partial charge is 0.258 e. The number of nitrogens with zero attached hydrogens (tertiary/aromatic N) is 1. The number of anilines is 1. The zero-order valence-electron chi connectivity index (χ0n) is 14.3. The predicted octanol–water partition coefficient (Wildman–Crippen LogP) is 3.20. The lowest BCUT2D eigenvalue weighted by molar-refractivity contribution is 0.102. The first-order chi connectivity index (χ1) is 11.9. The average molecular weight is 362 g/mol. The van der Waals surface area contributed by atoms with Gasteiger partial charge in [0.1, 0.15) is 6.26 Å². The molecule has 0 spiro atoms. The third-order valence-electron chi connectivity index (χ3n) is 4.37. The number of carbonyl (C=O) groups is 1. The van der Waals surface area contributed by atoms with Crippen LogP contribution in [0, 0.1) is 11.8 Å². The van der Waals surface area contributed by atoms with Gasteiger partial charge in [-0.1, -0.05) is 13.8 Å². The lowest BCUT2D eigenvalue weighted by atomic mass is 9.94. The Kier molecular flexibility index (Phi) is 4.96. The highest BCUT2D eigenvalue weighted by molar-refractivity contribution is 7.89. The van der Waals surface area contributed by atoms with Crippen molar-refractivity contribution in [3.63, 3.8) is 0 Å². The van der Waals surface area contributed by atoms with Crippen LogP contribution in [0.1, 0.15) is 30.6 Å². The van der Waals surface area contributed by atoms with Crippen LogP contribution in [0.3, 0.4) is 0 Å². The maximum Gasteiger partial charge on any atom is 0.258 e. The van der Waals surface area contributed by atoms with E-state index in [9.17, 15) is 13.2 Å². The van der Waals surface area contributed by atoms with Gasteiger partial charge in [0, 0.05) is 18.8 Å². The summed E-state index contributed by atoms with van der Waals surface area (Å²) in [5.74, 6) is 0.405. The molecular formula is C18H22N2O4S. The van der Waals surface area contributed by atoms with Gasteiger partial charge in [0.2, 0.25) is 10.0 Å². The van der Waals surface area contributed by atoms with Crippen molar-refractivity contribution in [1.29, 1.82) is 0 Å². The summed E-state index contributed by atoms with van der Waals surface area (Å²) in [6.07, 6.45) is 3.82. The monoisotopic (exact) mass is 362 g/mol. The Balaban J connectivity index is 1.74. The summed E-state index contributed by atoms with van der Waals surface area (Å²) in [7, 11) is -3.51. The van der Waals surface area contributed by atoms with Crippen LogP contribution in [-0.4, -0.2) is 31.7 Å². The maximum absolute atomic E-state index is 12.8. The Morgan fingerprint density at radius 1 is 1.12 bits per heavy atom. The van der Waals surface area contributed by atoms with Gasteiger partial charge in [0.05, 0.1) is 16.7 Å². The molecule has 1 saturated heterocycles. The third kappa shape index (κ3) is 3.93. The number of carbonyl (C=O) groups excluding carboxylic acids is 1. The lowest BCUT2D eigenvalue weighted by Gasteiger charge is -2.34. The summed E-state index contributed by atoms with van der Waals surface area (Å²) in [6.45, 7) is 5.25. The van der Waals surface area contributed by atoms with Gasteiger partial charge < -0.3 is 9.73 Å². The van der Waals surface area contributed by atoms with Crippen molar-refractivity contribution in [1.82, 2.24) is 4.31 Å². The maximum atomic E-state index is 12.8. The van der Waals surface area contributed by atoms with Crippen LogP contribution in [0.2, 0.25) is 0 Å². The zero-order valence-corrected chi connectivity index (χ0v) is 15.1. The number of hydrogen-bond acceptors (Lipinski definition) is 4. The van der Waals surface area contributed by atoms with Crippen molar-refractivity contribution in [2.24, 2.45) is 11.8 Å². The van der Waals surface area contributed by atoms with Crippen LogP contribution in [0.4, 0.5) is 5.69 Å². The number of benzene rings is 1. The second-order valence-corrected chi connectivity index (χ2v) is 8.70. The van der Waals surface area contributed by atoms with Gasteiger partial charge in [-0.2, -0.15) is 4.31 Å². The van der Waals surface area contributed by atoms with Crippen molar-refractivity contribution in [2.45, 2.75) is 25.2 Å². The Hall–Kier alpha value is -2.12. The Morgan fingerprint density at radius 2 is 1.76 bits per heavy atom. The Morgan fingerprint density at radius 3 is 2.32 bits per heavy atom. The minimum absolute atomic E-state index is 0.245. The highest BCUT2D eigenvalue weighted by atomic mass is 32.2. The van der Waals surface area contributed by atoms with Crippen LogP contribution in [0.25, 0.3) is 0 Å². The van der Waals surface area contributed by atoms with Crippen LogP contribution >= 0.6 is 0 Å². The molecule has 1 aromatic carbocycles. The van der Waals surface area contributed by atoms with Crippen molar-refractivity contribution >= 4 is 21.6 Å². The van der Waals surface area contributed by atoms with E-state index in [0.717, 1.165) is 6.42 Å². The van der Waals surface area contributed by atoms with E-state index >= 15 is 0 Å². The molecule has 0 bridgehead atoms. The number of furan rings is 1. The van der Waals surface area contributed by atoms with E-state index in [0.29, 0.717) is 36.2 Å². The van der Waals surface area contributed by atoms with E-state index in [1.165, 1.54) is 24.7 Å². The highest BCUT2D eigenvalue weighted by Gasteiger charge is 2.31. The molecule has 2 aromatic rings. The summed E-state index contributed by atoms with van der Waals surface area (Å²) < 4.78 is 32.1. The molecule has 134 valence electrons. The molecule has 1 aliphatic heterocycles. The highest BCUT2D eigenvalue weighted by Crippen LogP contribution is 2.27. The van der Waals surface area contributed by atoms with E-state index in [2.05, 4.69) is 19.2 Å². The zero-order chi connectivity index (χ0) is 18.0. The molecule has 1 amide bonds. The topological polar surface area (TPSA) is 79.6 Å². The third-order valence-corrected chi connectivity index (χ3v) is 6.21. The molecule has 0 aliphatic carbocycles. The summed E-state index contributed by atoms with van der Waals surface area (Å²) in [6, 6.07) is 7.82. The van der Waals surface area contributed by atoms with Crippen LogP contribution in [0.15, 0.2) is 52.2 Å². The Bertz CT molecular complexity index is 818. The largest absolute Gasteiger partial charge is 0.472 e. The molecule has 2 atom stereocenters. The molecule has 7 heteroatoms. The molecule has 2 heterocycles. The van der Waals surface area contributed by atoms with Gasteiger partial charge in [-0.3, -0.25) is 4.79 Å². The quantitative estimate of drug-likeness (QED) is 0.906. The van der Waals surface area contributed by atoms with E-state index < -0.39 is 10.0 Å². The molecule has 0 saturated carbocycles. The molecule has 1 aromatic heterocycles. The number of sulfonamides is 1. The van der Waals surface area contributed by atoms with E-state index in [-0.39, 0.29) is 10.8 Å². The average Bonchev–Trinajstić information content (AvgIpc) is 3.09. The molecule has 25 heavy (non-hydrogen) atoms. The SMILES string of the molecule is CC1CC(C)CN(S(=O)(=O)c2ccc(NC(=O)c3ccoc3)cc2)C1. The summed E-state index contributed by atoms with van der Waals surface area (Å²) in [5.41, 5.74) is 0.943. The fourth-order valence-corrected chi connectivity index (χ4v) is 4.94. The van der Waals surface area contributed by atoms with Crippen molar-refractivity contribution in [3.8, 4) is 0 Å². The van der Waals surface area contributed by atoms with Gasteiger partial charge in [0.15, 0.2) is 0 Å². The van der Waals surface area contributed by atoms with Crippen LogP contribution < -0.4 is 5.32 Å². The molecular weight excluding hydrogens is 340 g/mol. The van der Waals surface area contributed by atoms with Gasteiger partial charge in [-0.15, -0.1) is 0 Å². The predicted molar refractivity (Wildman–Crippen MR) is 94.8 cm³/mol. The molecule has 3 rings (SSSR count). The van der Waals surface area contributed by atoms with E-state index in [4.69, 9.17) is 4.42 Å². The molecule has 1 aliphatic rings. The van der Waals surface area contributed by atoms with Gasteiger partial charge in [0.25, 0.3) is 5.91 Å². The molecule has 6 nitrogen and oxygen atoms in total. The summed E-state index contributed by atoms with van der Waals surface area (Å²) >= 11 is 0. The minimum Gasteiger partial charge on any atom is -0.472 e. The summed E-state index contributed by atoms with van der Waals surface area (Å²) in [5, 5.41) is 2.71. The molecule has 0 radical (unpaired) electrons. The van der Waals surface area contributed by atoms with Crippen molar-refractivity contribution in [3.05, 3.63) is 48.4 Å². The number of rotatable bonds is 4.